The van der Waals surface area contributed by atoms with Crippen molar-refractivity contribution < 1.29 is 18.3 Å². The molecular weight excluding hydrogens is 380 g/mol. The Hall–Kier alpha value is -1.95. The number of nitrogens with zero attached hydrogens (tertiary/aromatic N) is 1. The van der Waals surface area contributed by atoms with Crippen molar-refractivity contribution in [2.75, 3.05) is 6.54 Å². The summed E-state index contributed by atoms with van der Waals surface area (Å²) in [5.74, 6) is 0.145. The van der Waals surface area contributed by atoms with Crippen molar-refractivity contribution in [3.05, 3.63) is 63.6 Å². The first-order valence-electron chi connectivity index (χ1n) is 7.70. The molecule has 2 aliphatic rings. The largest absolute Gasteiger partial charge is 0.435 e. The Morgan fingerprint density at radius 1 is 1.17 bits per heavy atom. The number of benzene rings is 2. The molecule has 6 heteroatoms. The van der Waals surface area contributed by atoms with E-state index in [1.165, 1.54) is 0 Å². The first-order chi connectivity index (χ1) is 11.6. The van der Waals surface area contributed by atoms with E-state index in [-0.39, 0.29) is 23.6 Å². The van der Waals surface area contributed by atoms with E-state index in [1.807, 2.05) is 35.2 Å². The molecular formula is C18H14BrF2NO2. The second-order valence-electron chi connectivity index (χ2n) is 5.99. The minimum atomic E-state index is -2.87. The summed E-state index contributed by atoms with van der Waals surface area (Å²) in [5.41, 5.74) is 2.37. The van der Waals surface area contributed by atoms with Crippen molar-refractivity contribution in [1.82, 2.24) is 4.90 Å². The molecule has 0 spiro atoms. The molecule has 124 valence electrons. The molecule has 24 heavy (non-hydrogen) atoms. The lowest BCUT2D eigenvalue weighted by Gasteiger charge is -2.23. The number of halogens is 3. The number of para-hydroxylation sites is 1. The number of amides is 1. The topological polar surface area (TPSA) is 29.5 Å². The highest BCUT2D eigenvalue weighted by atomic mass is 79.9. The summed E-state index contributed by atoms with van der Waals surface area (Å²) in [6.45, 7) is -2.25. The number of alkyl halides is 2. The number of carbonyl (C=O) groups excluding carboxylic acids is 1. The van der Waals surface area contributed by atoms with Gasteiger partial charge in [-0.05, 0) is 41.8 Å². The van der Waals surface area contributed by atoms with E-state index in [0.717, 1.165) is 22.0 Å². The molecule has 0 aliphatic carbocycles. The normalized spacial score (nSPS) is 22.0. The molecule has 0 saturated carbocycles. The fourth-order valence-corrected chi connectivity index (χ4v) is 4.23. The van der Waals surface area contributed by atoms with Gasteiger partial charge in [0.25, 0.3) is 5.91 Å². The van der Waals surface area contributed by atoms with Gasteiger partial charge in [-0.15, -0.1) is 0 Å². The summed E-state index contributed by atoms with van der Waals surface area (Å²) < 4.78 is 31.0. The van der Waals surface area contributed by atoms with Crippen LogP contribution in [0.25, 0.3) is 0 Å². The second-order valence-corrected chi connectivity index (χ2v) is 6.90. The first-order valence-corrected chi connectivity index (χ1v) is 8.49. The lowest BCUT2D eigenvalue weighted by atomic mass is 9.87. The van der Waals surface area contributed by atoms with Gasteiger partial charge in [0.15, 0.2) is 0 Å². The summed E-state index contributed by atoms with van der Waals surface area (Å²) in [5, 5.41) is 0. The Morgan fingerprint density at radius 3 is 2.75 bits per heavy atom. The number of hydrogen-bond acceptors (Lipinski definition) is 2. The van der Waals surface area contributed by atoms with Crippen molar-refractivity contribution in [3.63, 3.8) is 0 Å². The van der Waals surface area contributed by atoms with Gasteiger partial charge in [-0.1, -0.05) is 34.1 Å². The van der Waals surface area contributed by atoms with Crippen LogP contribution in [0.1, 0.15) is 39.9 Å². The Bertz CT molecular complexity index is 811. The zero-order chi connectivity index (χ0) is 16.8. The van der Waals surface area contributed by atoms with Gasteiger partial charge in [0, 0.05) is 22.5 Å². The van der Waals surface area contributed by atoms with Gasteiger partial charge in [-0.25, -0.2) is 0 Å². The van der Waals surface area contributed by atoms with Crippen molar-refractivity contribution in [3.8, 4) is 5.75 Å². The van der Waals surface area contributed by atoms with Crippen LogP contribution in [-0.4, -0.2) is 24.0 Å². The molecule has 0 radical (unpaired) electrons. The highest BCUT2D eigenvalue weighted by Crippen LogP contribution is 2.51. The Labute approximate surface area is 146 Å². The maximum atomic E-state index is 12.7. The van der Waals surface area contributed by atoms with Gasteiger partial charge >= 0.3 is 6.61 Å². The van der Waals surface area contributed by atoms with Crippen molar-refractivity contribution in [2.45, 2.75) is 25.0 Å². The summed E-state index contributed by atoms with van der Waals surface area (Å²) >= 11 is 3.45. The fourth-order valence-electron chi connectivity index (χ4n) is 3.85. The smallest absolute Gasteiger partial charge is 0.387 e. The third-order valence-electron chi connectivity index (χ3n) is 4.76. The lowest BCUT2D eigenvalue weighted by molar-refractivity contribution is -0.0507. The van der Waals surface area contributed by atoms with Crippen LogP contribution in [-0.2, 0) is 0 Å². The number of fused-ring (bicyclic) bond motifs is 3. The molecule has 2 heterocycles. The molecule has 0 unspecified atom stereocenters. The first kappa shape index (κ1) is 15.6. The lowest BCUT2D eigenvalue weighted by Crippen LogP contribution is -2.23. The summed E-state index contributed by atoms with van der Waals surface area (Å²) in [7, 11) is 0. The van der Waals surface area contributed by atoms with Crippen LogP contribution >= 0.6 is 15.9 Å². The van der Waals surface area contributed by atoms with E-state index in [9.17, 15) is 13.6 Å². The van der Waals surface area contributed by atoms with E-state index in [1.54, 1.807) is 12.1 Å². The molecule has 4 rings (SSSR count). The summed E-state index contributed by atoms with van der Waals surface area (Å²) in [4.78, 5) is 14.4. The van der Waals surface area contributed by atoms with Gasteiger partial charge in [-0.3, -0.25) is 4.79 Å². The average Bonchev–Trinajstić information content (AvgIpc) is 3.08. The molecule has 2 aromatic rings. The second kappa shape index (κ2) is 5.84. The molecule has 0 aromatic heterocycles. The molecule has 0 bridgehead atoms. The zero-order valence-electron chi connectivity index (χ0n) is 12.6. The highest BCUT2D eigenvalue weighted by molar-refractivity contribution is 9.10. The maximum Gasteiger partial charge on any atom is 0.387 e. The molecule has 2 atom stereocenters. The number of ether oxygens (including phenoxy) is 1. The van der Waals surface area contributed by atoms with E-state index in [4.69, 9.17) is 4.74 Å². The Balaban J connectivity index is 1.78. The monoisotopic (exact) mass is 393 g/mol. The third-order valence-corrected chi connectivity index (χ3v) is 5.25. The van der Waals surface area contributed by atoms with Crippen LogP contribution in [0, 0.1) is 0 Å². The van der Waals surface area contributed by atoms with Crippen LogP contribution in [0.4, 0.5) is 8.78 Å². The number of rotatable bonds is 3. The van der Waals surface area contributed by atoms with Crippen LogP contribution < -0.4 is 4.74 Å². The predicted octanol–water partition coefficient (Wildman–Crippen LogP) is 4.73. The van der Waals surface area contributed by atoms with E-state index >= 15 is 0 Å². The molecule has 1 saturated heterocycles. The van der Waals surface area contributed by atoms with Crippen LogP contribution in [0.2, 0.25) is 0 Å². The van der Waals surface area contributed by atoms with Crippen molar-refractivity contribution in [1.29, 1.82) is 0 Å². The molecule has 0 N–H and O–H groups in total. The number of carbonyl (C=O) groups is 1. The van der Waals surface area contributed by atoms with Crippen LogP contribution in [0.3, 0.4) is 0 Å². The van der Waals surface area contributed by atoms with Gasteiger partial charge in [0.2, 0.25) is 0 Å². The molecule has 1 amide bonds. The van der Waals surface area contributed by atoms with Gasteiger partial charge < -0.3 is 9.64 Å². The average molecular weight is 394 g/mol. The van der Waals surface area contributed by atoms with E-state index in [2.05, 4.69) is 15.9 Å². The predicted molar refractivity (Wildman–Crippen MR) is 88.4 cm³/mol. The molecule has 2 aromatic carbocycles. The molecule has 1 fully saturated rings. The third kappa shape index (κ3) is 2.40. The molecule has 3 nitrogen and oxygen atoms in total. The maximum absolute atomic E-state index is 12.7. The van der Waals surface area contributed by atoms with Crippen LogP contribution in [0.5, 0.6) is 5.75 Å². The Morgan fingerprint density at radius 2 is 1.96 bits per heavy atom. The summed E-state index contributed by atoms with van der Waals surface area (Å²) in [6.07, 6.45) is 0.728. The highest BCUT2D eigenvalue weighted by Gasteiger charge is 2.46. The fraction of sp³-hybridized carbons (Fsp3) is 0.278. The van der Waals surface area contributed by atoms with Gasteiger partial charge in [0.1, 0.15) is 5.75 Å². The number of hydrogen-bond donors (Lipinski definition) is 0. The van der Waals surface area contributed by atoms with Crippen molar-refractivity contribution >= 4 is 21.8 Å². The van der Waals surface area contributed by atoms with Gasteiger partial charge in [0.05, 0.1) is 6.04 Å². The quantitative estimate of drug-likeness (QED) is 0.753. The van der Waals surface area contributed by atoms with Gasteiger partial charge in [-0.2, -0.15) is 8.78 Å². The minimum Gasteiger partial charge on any atom is -0.435 e. The summed E-state index contributed by atoms with van der Waals surface area (Å²) in [6, 6.07) is 12.3. The standard InChI is InChI=1S/C18H14BrF2NO2/c19-10-5-6-13-14(9-10)16-12(7-8-22(16)17(13)23)11-3-1-2-4-15(11)24-18(20)21/h1-6,9,12,16,18H,7-8H2/t12-,16-/m1/s1. The van der Waals surface area contributed by atoms with E-state index < -0.39 is 6.61 Å². The molecule has 2 aliphatic heterocycles. The minimum absolute atomic E-state index is 0.0114. The van der Waals surface area contributed by atoms with Crippen LogP contribution in [0.15, 0.2) is 46.9 Å². The van der Waals surface area contributed by atoms with Crippen molar-refractivity contribution in [2.24, 2.45) is 0 Å². The SMILES string of the molecule is O=C1c2ccc(Br)cc2[C@H]2[C@@H](c3ccccc3OC(F)F)CCN12. The zero-order valence-corrected chi connectivity index (χ0v) is 14.2. The van der Waals surface area contributed by atoms with E-state index in [0.29, 0.717) is 12.1 Å². The Kier molecular flexibility index (Phi) is 3.79.